The summed E-state index contributed by atoms with van der Waals surface area (Å²) in [6.45, 7) is 1.68. The van der Waals surface area contributed by atoms with Crippen LogP contribution >= 0.6 is 11.6 Å². The maximum atomic E-state index is 11.9. The van der Waals surface area contributed by atoms with Gasteiger partial charge in [-0.3, -0.25) is 0 Å². The molecule has 0 radical (unpaired) electrons. The lowest BCUT2D eigenvalue weighted by Gasteiger charge is -2.13. The number of benzene rings is 1. The van der Waals surface area contributed by atoms with Crippen LogP contribution in [-0.2, 0) is 21.1 Å². The van der Waals surface area contributed by atoms with Gasteiger partial charge < -0.3 is 4.74 Å². The molecule has 1 heterocycles. The van der Waals surface area contributed by atoms with Crippen molar-refractivity contribution >= 4 is 27.4 Å². The number of hydrogen-bond donors (Lipinski definition) is 0. The minimum absolute atomic E-state index is 0.00433. The number of aryl methyl sites for hydroxylation is 1. The molecule has 0 amide bonds. The van der Waals surface area contributed by atoms with Crippen molar-refractivity contribution in [3.63, 3.8) is 0 Å². The molecule has 10 heteroatoms. The van der Waals surface area contributed by atoms with Crippen LogP contribution in [-0.4, -0.2) is 48.0 Å². The molecule has 2 aromatic rings. The summed E-state index contributed by atoms with van der Waals surface area (Å²) in [5.74, 6) is -0.168. The van der Waals surface area contributed by atoms with Gasteiger partial charge in [-0.15, -0.1) is 5.10 Å². The predicted molar refractivity (Wildman–Crippen MR) is 77.6 cm³/mol. The van der Waals surface area contributed by atoms with Gasteiger partial charge in [0.2, 0.25) is 0 Å². The molecule has 0 saturated heterocycles. The summed E-state index contributed by atoms with van der Waals surface area (Å²) in [7, 11) is -2.32. The van der Waals surface area contributed by atoms with Gasteiger partial charge in [0.15, 0.2) is 9.84 Å². The molecule has 0 N–H and O–H groups in total. The summed E-state index contributed by atoms with van der Waals surface area (Å²) >= 11 is 6.22. The number of carbonyl (C=O) groups is 1. The number of sulfone groups is 1. The number of ether oxygens (including phenoxy) is 1. The standard InChI is InChI=1S/C12H13ClN4O4S/c1-7-14-15-16-17(7)6-9-10(22(3,19)20)5-4-8(11(9)13)12(18)21-2/h4-5H,6H2,1-3H3. The van der Waals surface area contributed by atoms with Crippen LogP contribution in [0.2, 0.25) is 5.02 Å². The molecule has 0 atom stereocenters. The van der Waals surface area contributed by atoms with E-state index in [0.717, 1.165) is 6.26 Å². The molecule has 0 spiro atoms. The Hall–Kier alpha value is -2.00. The Balaban J connectivity index is 2.66. The Morgan fingerprint density at radius 3 is 2.59 bits per heavy atom. The van der Waals surface area contributed by atoms with Gasteiger partial charge >= 0.3 is 5.97 Å². The average Bonchev–Trinajstić information content (AvgIpc) is 2.84. The molecule has 2 rings (SSSR count). The molecule has 118 valence electrons. The van der Waals surface area contributed by atoms with Crippen LogP contribution < -0.4 is 0 Å². The van der Waals surface area contributed by atoms with Crippen LogP contribution in [0.5, 0.6) is 0 Å². The number of hydrogen-bond acceptors (Lipinski definition) is 7. The molecular formula is C12H13ClN4O4S. The first kappa shape index (κ1) is 16.4. The molecule has 0 aliphatic rings. The second kappa shape index (κ2) is 6.01. The highest BCUT2D eigenvalue weighted by Gasteiger charge is 2.23. The molecule has 22 heavy (non-hydrogen) atoms. The number of nitrogens with zero attached hydrogens (tertiary/aromatic N) is 4. The maximum absolute atomic E-state index is 11.9. The lowest BCUT2D eigenvalue weighted by molar-refractivity contribution is 0.0600. The number of halogens is 1. The topological polar surface area (TPSA) is 104 Å². The van der Waals surface area contributed by atoms with E-state index in [1.165, 1.54) is 23.9 Å². The molecular weight excluding hydrogens is 332 g/mol. The Bertz CT molecular complexity index is 832. The number of esters is 1. The fourth-order valence-corrected chi connectivity index (χ4v) is 3.20. The van der Waals surface area contributed by atoms with Gasteiger partial charge in [-0.2, -0.15) is 0 Å². The summed E-state index contributed by atoms with van der Waals surface area (Å²) in [4.78, 5) is 11.7. The highest BCUT2D eigenvalue weighted by molar-refractivity contribution is 7.90. The average molecular weight is 345 g/mol. The Morgan fingerprint density at radius 1 is 1.41 bits per heavy atom. The predicted octanol–water partition coefficient (Wildman–Crippen LogP) is 0.873. The smallest absolute Gasteiger partial charge is 0.339 e. The van der Waals surface area contributed by atoms with Crippen LogP contribution in [0.25, 0.3) is 0 Å². The zero-order valence-electron chi connectivity index (χ0n) is 12.1. The molecule has 0 saturated carbocycles. The number of aromatic nitrogens is 4. The first-order valence-corrected chi connectivity index (χ1v) is 8.35. The first-order chi connectivity index (χ1) is 10.3. The lowest BCUT2D eigenvalue weighted by Crippen LogP contribution is -2.13. The van der Waals surface area contributed by atoms with E-state index in [2.05, 4.69) is 20.3 Å². The van der Waals surface area contributed by atoms with Crippen molar-refractivity contribution in [2.75, 3.05) is 13.4 Å². The van der Waals surface area contributed by atoms with E-state index >= 15 is 0 Å². The SMILES string of the molecule is COC(=O)c1ccc(S(C)(=O)=O)c(Cn2nnnc2C)c1Cl. The molecule has 8 nitrogen and oxygen atoms in total. The first-order valence-electron chi connectivity index (χ1n) is 6.08. The summed E-state index contributed by atoms with van der Waals surface area (Å²) in [5, 5.41) is 11.0. The van der Waals surface area contributed by atoms with Gasteiger partial charge in [0.25, 0.3) is 0 Å². The minimum Gasteiger partial charge on any atom is -0.465 e. The van der Waals surface area contributed by atoms with Crippen LogP contribution in [0.4, 0.5) is 0 Å². The van der Waals surface area contributed by atoms with Crippen molar-refractivity contribution in [2.24, 2.45) is 0 Å². The van der Waals surface area contributed by atoms with Gasteiger partial charge in [0, 0.05) is 11.8 Å². The highest BCUT2D eigenvalue weighted by Crippen LogP contribution is 2.29. The molecule has 1 aromatic heterocycles. The van der Waals surface area contributed by atoms with Crippen molar-refractivity contribution in [1.82, 2.24) is 20.2 Å². The largest absolute Gasteiger partial charge is 0.465 e. The van der Waals surface area contributed by atoms with Crippen LogP contribution in [0.15, 0.2) is 17.0 Å². The van der Waals surface area contributed by atoms with E-state index in [0.29, 0.717) is 5.82 Å². The summed E-state index contributed by atoms with van der Waals surface area (Å²) < 4.78 is 29.9. The maximum Gasteiger partial charge on any atom is 0.339 e. The Morgan fingerprint density at radius 2 is 2.09 bits per heavy atom. The number of rotatable bonds is 4. The van der Waals surface area contributed by atoms with Crippen LogP contribution in [0.1, 0.15) is 21.7 Å². The van der Waals surface area contributed by atoms with Gasteiger partial charge in [-0.25, -0.2) is 17.9 Å². The van der Waals surface area contributed by atoms with E-state index in [9.17, 15) is 13.2 Å². The molecule has 0 bridgehead atoms. The van der Waals surface area contributed by atoms with Crippen molar-refractivity contribution in [3.8, 4) is 0 Å². The zero-order valence-corrected chi connectivity index (χ0v) is 13.6. The molecule has 0 aliphatic carbocycles. The minimum atomic E-state index is -3.54. The monoisotopic (exact) mass is 344 g/mol. The second-order valence-corrected chi connectivity index (χ2v) is 6.91. The molecule has 1 aromatic carbocycles. The second-order valence-electron chi connectivity index (χ2n) is 4.55. The van der Waals surface area contributed by atoms with E-state index in [4.69, 9.17) is 11.6 Å². The fraction of sp³-hybridized carbons (Fsp3) is 0.333. The number of tetrazole rings is 1. The molecule has 0 aliphatic heterocycles. The Kier molecular flexibility index (Phi) is 4.47. The summed E-state index contributed by atoms with van der Waals surface area (Å²) in [5.41, 5.74) is 0.319. The summed E-state index contributed by atoms with van der Waals surface area (Å²) in [6, 6.07) is 2.64. The molecule has 0 fully saturated rings. The van der Waals surface area contributed by atoms with Crippen molar-refractivity contribution in [1.29, 1.82) is 0 Å². The van der Waals surface area contributed by atoms with E-state index < -0.39 is 15.8 Å². The van der Waals surface area contributed by atoms with Crippen molar-refractivity contribution < 1.29 is 17.9 Å². The lowest BCUT2D eigenvalue weighted by atomic mass is 10.1. The highest BCUT2D eigenvalue weighted by atomic mass is 35.5. The van der Waals surface area contributed by atoms with Gasteiger partial charge in [-0.05, 0) is 29.5 Å². The number of methoxy groups -OCH3 is 1. The van der Waals surface area contributed by atoms with E-state index in [-0.39, 0.29) is 27.6 Å². The third kappa shape index (κ3) is 3.09. The van der Waals surface area contributed by atoms with Gasteiger partial charge in [-0.1, -0.05) is 11.6 Å². The van der Waals surface area contributed by atoms with Crippen molar-refractivity contribution in [2.45, 2.75) is 18.4 Å². The number of carbonyl (C=O) groups excluding carboxylic acids is 1. The third-order valence-electron chi connectivity index (χ3n) is 3.02. The quantitative estimate of drug-likeness (QED) is 0.758. The fourth-order valence-electron chi connectivity index (χ4n) is 1.91. The molecule has 0 unspecified atom stereocenters. The van der Waals surface area contributed by atoms with Gasteiger partial charge in [0.1, 0.15) is 5.82 Å². The van der Waals surface area contributed by atoms with E-state index in [1.54, 1.807) is 6.92 Å². The van der Waals surface area contributed by atoms with Crippen molar-refractivity contribution in [3.05, 3.63) is 34.1 Å². The normalized spacial score (nSPS) is 11.5. The van der Waals surface area contributed by atoms with Crippen LogP contribution in [0.3, 0.4) is 0 Å². The third-order valence-corrected chi connectivity index (χ3v) is 4.64. The van der Waals surface area contributed by atoms with E-state index in [1.807, 2.05) is 0 Å². The van der Waals surface area contributed by atoms with Gasteiger partial charge in [0.05, 0.1) is 29.1 Å². The Labute approximate surface area is 132 Å². The zero-order chi connectivity index (χ0) is 16.5. The summed E-state index contributed by atoms with van der Waals surface area (Å²) in [6.07, 6.45) is 1.06. The van der Waals surface area contributed by atoms with Crippen LogP contribution in [0, 0.1) is 6.92 Å².